The maximum Gasteiger partial charge on any atom is 0.318 e. The van der Waals surface area contributed by atoms with E-state index in [2.05, 4.69) is 0 Å². The second kappa shape index (κ2) is 5.68. The van der Waals surface area contributed by atoms with Crippen LogP contribution in [-0.4, -0.2) is 30.0 Å². The van der Waals surface area contributed by atoms with Gasteiger partial charge in [0.25, 0.3) is 5.69 Å². The quantitative estimate of drug-likeness (QED) is 0.360. The highest BCUT2D eigenvalue weighted by Gasteiger charge is 2.38. The van der Waals surface area contributed by atoms with E-state index in [1.54, 1.807) is 6.92 Å². The SMILES string of the molecule is CCOC(=O)C1CCN(c2ccc([N+](=O)[O-])cc2)C1=O. The van der Waals surface area contributed by atoms with Crippen molar-refractivity contribution in [1.29, 1.82) is 0 Å². The van der Waals surface area contributed by atoms with Crippen LogP contribution < -0.4 is 4.90 Å². The van der Waals surface area contributed by atoms with Gasteiger partial charge < -0.3 is 9.64 Å². The zero-order valence-corrected chi connectivity index (χ0v) is 10.9. The van der Waals surface area contributed by atoms with E-state index in [9.17, 15) is 19.7 Å². The third-order valence-electron chi connectivity index (χ3n) is 3.15. The van der Waals surface area contributed by atoms with Crippen molar-refractivity contribution in [3.8, 4) is 0 Å². The predicted molar refractivity (Wildman–Crippen MR) is 70.2 cm³/mol. The summed E-state index contributed by atoms with van der Waals surface area (Å²) in [4.78, 5) is 35.3. The first-order valence-electron chi connectivity index (χ1n) is 6.27. The van der Waals surface area contributed by atoms with Gasteiger partial charge >= 0.3 is 5.97 Å². The van der Waals surface area contributed by atoms with Gasteiger partial charge in [-0.3, -0.25) is 19.7 Å². The summed E-state index contributed by atoms with van der Waals surface area (Å²) in [5.41, 5.74) is 0.509. The molecule has 0 bridgehead atoms. The number of anilines is 1. The van der Waals surface area contributed by atoms with E-state index >= 15 is 0 Å². The van der Waals surface area contributed by atoms with Gasteiger partial charge in [0.05, 0.1) is 11.5 Å². The fourth-order valence-electron chi connectivity index (χ4n) is 2.15. The Morgan fingerprint density at radius 1 is 1.45 bits per heavy atom. The Hall–Kier alpha value is -2.44. The topological polar surface area (TPSA) is 89.8 Å². The largest absolute Gasteiger partial charge is 0.465 e. The summed E-state index contributed by atoms with van der Waals surface area (Å²) in [5, 5.41) is 10.6. The smallest absolute Gasteiger partial charge is 0.318 e. The minimum Gasteiger partial charge on any atom is -0.465 e. The summed E-state index contributed by atoms with van der Waals surface area (Å²) in [6, 6.07) is 5.67. The summed E-state index contributed by atoms with van der Waals surface area (Å²) >= 11 is 0. The van der Waals surface area contributed by atoms with Crippen LogP contribution in [0, 0.1) is 16.0 Å². The molecule has 0 radical (unpaired) electrons. The molecule has 1 aliphatic heterocycles. The molecular formula is C13H14N2O5. The molecule has 20 heavy (non-hydrogen) atoms. The monoisotopic (exact) mass is 278 g/mol. The summed E-state index contributed by atoms with van der Waals surface area (Å²) in [6.07, 6.45) is 0.397. The van der Waals surface area contributed by atoms with Crippen molar-refractivity contribution in [3.63, 3.8) is 0 Å². The molecule has 0 saturated carbocycles. The number of nitrogens with zero attached hydrogens (tertiary/aromatic N) is 2. The van der Waals surface area contributed by atoms with Crippen LogP contribution >= 0.6 is 0 Å². The molecule has 7 heteroatoms. The van der Waals surface area contributed by atoms with Crippen LogP contribution in [0.5, 0.6) is 0 Å². The van der Waals surface area contributed by atoms with E-state index in [1.807, 2.05) is 0 Å². The highest BCUT2D eigenvalue weighted by atomic mass is 16.6. The lowest BCUT2D eigenvalue weighted by Crippen LogP contribution is -2.31. The molecule has 1 aromatic carbocycles. The molecule has 0 aliphatic carbocycles. The Kier molecular flexibility index (Phi) is 3.97. The number of carbonyl (C=O) groups excluding carboxylic acids is 2. The Balaban J connectivity index is 2.13. The number of amides is 1. The predicted octanol–water partition coefficient (Wildman–Crippen LogP) is 1.51. The van der Waals surface area contributed by atoms with Gasteiger partial charge in [-0.2, -0.15) is 0 Å². The Morgan fingerprint density at radius 3 is 2.65 bits per heavy atom. The van der Waals surface area contributed by atoms with Crippen LogP contribution in [0.4, 0.5) is 11.4 Å². The number of esters is 1. The number of carbonyl (C=O) groups is 2. The number of nitro benzene ring substituents is 1. The van der Waals surface area contributed by atoms with E-state index in [0.717, 1.165) is 0 Å². The summed E-state index contributed by atoms with van der Waals surface area (Å²) in [6.45, 7) is 2.33. The summed E-state index contributed by atoms with van der Waals surface area (Å²) < 4.78 is 4.86. The Morgan fingerprint density at radius 2 is 2.10 bits per heavy atom. The van der Waals surface area contributed by atoms with Crippen molar-refractivity contribution in [2.75, 3.05) is 18.1 Å². The van der Waals surface area contributed by atoms with Gasteiger partial charge in [-0.25, -0.2) is 0 Å². The van der Waals surface area contributed by atoms with Crippen molar-refractivity contribution >= 4 is 23.3 Å². The van der Waals surface area contributed by atoms with E-state index < -0.39 is 16.8 Å². The number of hydrogen-bond donors (Lipinski definition) is 0. The van der Waals surface area contributed by atoms with E-state index in [0.29, 0.717) is 18.7 Å². The molecule has 0 N–H and O–H groups in total. The number of benzene rings is 1. The average Bonchev–Trinajstić information content (AvgIpc) is 2.81. The Labute approximate surface area is 115 Å². The molecule has 1 aliphatic rings. The third-order valence-corrected chi connectivity index (χ3v) is 3.15. The Bertz CT molecular complexity index is 540. The van der Waals surface area contributed by atoms with Gasteiger partial charge in [-0.05, 0) is 25.5 Å². The van der Waals surface area contributed by atoms with Crippen molar-refractivity contribution in [1.82, 2.24) is 0 Å². The van der Waals surface area contributed by atoms with Gasteiger partial charge in [-0.1, -0.05) is 0 Å². The molecular weight excluding hydrogens is 264 g/mol. The van der Waals surface area contributed by atoms with Crippen LogP contribution in [0.2, 0.25) is 0 Å². The lowest BCUT2D eigenvalue weighted by molar-refractivity contribution is -0.384. The molecule has 1 fully saturated rings. The van der Waals surface area contributed by atoms with Crippen LogP contribution in [0.25, 0.3) is 0 Å². The average molecular weight is 278 g/mol. The van der Waals surface area contributed by atoms with Gasteiger partial charge in [0.2, 0.25) is 5.91 Å². The van der Waals surface area contributed by atoms with E-state index in [1.165, 1.54) is 29.2 Å². The summed E-state index contributed by atoms with van der Waals surface area (Å²) in [5.74, 6) is -1.61. The second-order valence-corrected chi connectivity index (χ2v) is 4.36. The normalized spacial score (nSPS) is 18.1. The van der Waals surface area contributed by atoms with Gasteiger partial charge in [0.1, 0.15) is 5.92 Å². The standard InChI is InChI=1S/C13H14N2O5/c1-2-20-13(17)11-7-8-14(12(11)16)9-3-5-10(6-4-9)15(18)19/h3-6,11H,2,7-8H2,1H3. The molecule has 0 aromatic heterocycles. The highest BCUT2D eigenvalue weighted by molar-refractivity contribution is 6.08. The maximum absolute atomic E-state index is 12.1. The highest BCUT2D eigenvalue weighted by Crippen LogP contribution is 2.27. The van der Waals surface area contributed by atoms with Crippen LogP contribution in [0.3, 0.4) is 0 Å². The molecule has 2 rings (SSSR count). The fourth-order valence-corrected chi connectivity index (χ4v) is 2.15. The lowest BCUT2D eigenvalue weighted by atomic mass is 10.1. The van der Waals surface area contributed by atoms with E-state index in [4.69, 9.17) is 4.74 Å². The number of rotatable bonds is 4. The summed E-state index contributed by atoms with van der Waals surface area (Å²) in [7, 11) is 0. The number of nitro groups is 1. The number of non-ortho nitro benzene ring substituents is 1. The molecule has 1 heterocycles. The molecule has 7 nitrogen and oxygen atoms in total. The van der Waals surface area contributed by atoms with Crippen molar-refractivity contribution in [3.05, 3.63) is 34.4 Å². The zero-order valence-electron chi connectivity index (χ0n) is 10.9. The first kappa shape index (κ1) is 14.0. The molecule has 1 aromatic rings. The third kappa shape index (κ3) is 2.61. The van der Waals surface area contributed by atoms with Crippen molar-refractivity contribution in [2.24, 2.45) is 5.92 Å². The molecule has 1 amide bonds. The maximum atomic E-state index is 12.1. The van der Waals surface area contributed by atoms with Crippen LogP contribution in [0.15, 0.2) is 24.3 Å². The number of ether oxygens (including phenoxy) is 1. The minimum atomic E-state index is -0.773. The molecule has 0 spiro atoms. The molecule has 1 unspecified atom stereocenters. The number of hydrogen-bond acceptors (Lipinski definition) is 5. The van der Waals surface area contributed by atoms with Crippen LogP contribution in [0.1, 0.15) is 13.3 Å². The molecule has 106 valence electrons. The zero-order chi connectivity index (χ0) is 14.7. The fraction of sp³-hybridized carbons (Fsp3) is 0.385. The minimum absolute atomic E-state index is 0.0395. The van der Waals surface area contributed by atoms with Gasteiger partial charge in [-0.15, -0.1) is 0 Å². The lowest BCUT2D eigenvalue weighted by Gasteiger charge is -2.16. The van der Waals surface area contributed by atoms with Gasteiger partial charge in [0.15, 0.2) is 0 Å². The van der Waals surface area contributed by atoms with Crippen molar-refractivity contribution in [2.45, 2.75) is 13.3 Å². The molecule has 1 saturated heterocycles. The van der Waals surface area contributed by atoms with Crippen LogP contribution in [-0.2, 0) is 14.3 Å². The van der Waals surface area contributed by atoms with Crippen molar-refractivity contribution < 1.29 is 19.2 Å². The molecule has 1 atom stereocenters. The first-order valence-corrected chi connectivity index (χ1v) is 6.27. The van der Waals surface area contributed by atoms with E-state index in [-0.39, 0.29) is 18.2 Å². The van der Waals surface area contributed by atoms with Gasteiger partial charge in [0, 0.05) is 24.4 Å². The first-order chi connectivity index (χ1) is 9.54. The second-order valence-electron chi connectivity index (χ2n) is 4.36.